The topological polar surface area (TPSA) is 32.1 Å². The Balaban J connectivity index is 0.833. The lowest BCUT2D eigenvalue weighted by molar-refractivity contribution is 1.16. The number of pyridine rings is 1. The van der Waals surface area contributed by atoms with Crippen LogP contribution in [0.2, 0.25) is 0 Å². The highest BCUT2D eigenvalue weighted by Crippen LogP contribution is 2.43. The molecule has 0 saturated heterocycles. The Labute approximate surface area is 520 Å². The lowest BCUT2D eigenvalue weighted by atomic mass is 10.0. The number of aromatic nitrogens is 5. The van der Waals surface area contributed by atoms with Crippen molar-refractivity contribution < 1.29 is 0 Å². The fourth-order valence-corrected chi connectivity index (χ4v) is 14.1. The Hall–Kier alpha value is -12.1. The van der Waals surface area contributed by atoms with Crippen LogP contribution in [-0.4, -0.2) is 23.1 Å². The average molecular weight is 1150 g/mol. The zero-order valence-electron chi connectivity index (χ0n) is 49.0. The number of hydrogen-bond donors (Lipinski definition) is 0. The molecule has 18 aromatic rings. The standard InChI is InChI=1S/C85H55N5/c1-7-19-56(20-8-1)63-33-41-77-71(49-63)72-50-64(57-21-9-2-10-22-57)34-42-78(72)89(77)69-39-45-81-75(54-69)76-55-70(90-79-43-35-65(58-23-11-3-12-24-58)51-73(79)74-52-66(36-44-80(74)90)59-25-13-4-14-26-59)40-46-82(76)88(81)68-37-31-60(32-38-68)67-47-48-87-83(53-67)86-84(61-27-15-5-16-28-61)85(87)62-29-17-6-18-30-62/h1-55H. The summed E-state index contributed by atoms with van der Waals surface area (Å²) in [5, 5.41) is 7.18. The van der Waals surface area contributed by atoms with Crippen molar-refractivity contribution in [2.24, 2.45) is 0 Å². The number of hydrogen-bond acceptors (Lipinski definition) is 1. The zero-order chi connectivity index (χ0) is 59.2. The van der Waals surface area contributed by atoms with Crippen molar-refractivity contribution in [2.75, 3.05) is 0 Å². The minimum absolute atomic E-state index is 0.899. The molecule has 0 aliphatic rings. The largest absolute Gasteiger partial charge is 0.309 e. The van der Waals surface area contributed by atoms with Gasteiger partial charge in [0.1, 0.15) is 5.65 Å². The molecule has 0 saturated carbocycles. The van der Waals surface area contributed by atoms with Crippen molar-refractivity contribution in [3.8, 4) is 95.2 Å². The van der Waals surface area contributed by atoms with E-state index in [1.807, 2.05) is 0 Å². The van der Waals surface area contributed by atoms with Crippen molar-refractivity contribution in [1.82, 2.24) is 23.1 Å². The number of nitrogens with zero attached hydrogens (tertiary/aromatic N) is 5. The van der Waals surface area contributed by atoms with Crippen LogP contribution in [0.4, 0.5) is 0 Å². The summed E-state index contributed by atoms with van der Waals surface area (Å²) in [4.78, 5) is 5.31. The van der Waals surface area contributed by atoms with Crippen LogP contribution in [0.3, 0.4) is 0 Å². The van der Waals surface area contributed by atoms with Crippen molar-refractivity contribution in [3.63, 3.8) is 0 Å². The number of fused-ring (bicyclic) bond motifs is 10. The predicted octanol–water partition coefficient (Wildman–Crippen LogP) is 22.3. The van der Waals surface area contributed by atoms with Crippen molar-refractivity contribution in [2.45, 2.75) is 0 Å². The number of imidazole rings is 1. The maximum absolute atomic E-state index is 5.31. The van der Waals surface area contributed by atoms with Crippen LogP contribution in [0.25, 0.3) is 166 Å². The Kier molecular flexibility index (Phi) is 11.9. The third kappa shape index (κ3) is 8.43. The van der Waals surface area contributed by atoms with Crippen LogP contribution < -0.4 is 0 Å². The molecule has 0 spiro atoms. The second-order valence-electron chi connectivity index (χ2n) is 23.5. The summed E-state index contributed by atoms with van der Waals surface area (Å²) in [5.41, 5.74) is 27.1. The van der Waals surface area contributed by atoms with Gasteiger partial charge in [-0.05, 0) is 165 Å². The van der Waals surface area contributed by atoms with Gasteiger partial charge in [0.25, 0.3) is 0 Å². The van der Waals surface area contributed by atoms with Gasteiger partial charge in [0, 0.05) is 66.7 Å². The van der Waals surface area contributed by atoms with Crippen LogP contribution in [-0.2, 0) is 0 Å². The molecule has 0 atom stereocenters. The van der Waals surface area contributed by atoms with Gasteiger partial charge in [-0.2, -0.15) is 0 Å². The summed E-state index contributed by atoms with van der Waals surface area (Å²) in [6.07, 6.45) is 2.17. The Morgan fingerprint density at radius 1 is 0.200 bits per heavy atom. The highest BCUT2D eigenvalue weighted by Gasteiger charge is 2.22. The summed E-state index contributed by atoms with van der Waals surface area (Å²) in [6, 6.07) is 120. The molecular weight excluding hydrogens is 1090 g/mol. The molecule has 420 valence electrons. The second-order valence-corrected chi connectivity index (χ2v) is 23.5. The van der Waals surface area contributed by atoms with Gasteiger partial charge < -0.3 is 13.7 Å². The van der Waals surface area contributed by atoms with Gasteiger partial charge in [-0.15, -0.1) is 0 Å². The lowest BCUT2D eigenvalue weighted by Gasteiger charge is -2.12. The molecule has 90 heavy (non-hydrogen) atoms. The highest BCUT2D eigenvalue weighted by atomic mass is 15.0. The molecule has 13 aromatic carbocycles. The van der Waals surface area contributed by atoms with Crippen LogP contribution in [0.15, 0.2) is 334 Å². The molecule has 5 heteroatoms. The Morgan fingerprint density at radius 3 is 0.856 bits per heavy atom. The number of rotatable bonds is 10. The van der Waals surface area contributed by atoms with Crippen LogP contribution >= 0.6 is 0 Å². The summed E-state index contributed by atoms with van der Waals surface area (Å²) < 4.78 is 9.62. The van der Waals surface area contributed by atoms with E-state index in [9.17, 15) is 0 Å². The molecule has 0 radical (unpaired) electrons. The van der Waals surface area contributed by atoms with Crippen LogP contribution in [0, 0.1) is 0 Å². The normalized spacial score (nSPS) is 11.8. The average Bonchev–Trinajstić information content (AvgIpc) is 1.61. The summed E-state index contributed by atoms with van der Waals surface area (Å²) >= 11 is 0. The molecule has 0 aliphatic carbocycles. The van der Waals surface area contributed by atoms with Gasteiger partial charge in [0.05, 0.1) is 44.5 Å². The van der Waals surface area contributed by atoms with Gasteiger partial charge >= 0.3 is 0 Å². The molecule has 5 nitrogen and oxygen atoms in total. The molecule has 0 bridgehead atoms. The quantitative estimate of drug-likeness (QED) is 0.134. The minimum Gasteiger partial charge on any atom is -0.309 e. The summed E-state index contributed by atoms with van der Waals surface area (Å²) in [7, 11) is 0. The van der Waals surface area contributed by atoms with Crippen LogP contribution in [0.1, 0.15) is 0 Å². The first-order chi connectivity index (χ1) is 44.6. The molecule has 0 unspecified atom stereocenters. The van der Waals surface area contributed by atoms with Gasteiger partial charge in [-0.25, -0.2) is 4.98 Å². The molecule has 0 aliphatic heterocycles. The van der Waals surface area contributed by atoms with E-state index in [0.29, 0.717) is 0 Å². The van der Waals surface area contributed by atoms with Gasteiger partial charge in [0.15, 0.2) is 0 Å². The Bertz CT molecular complexity index is 5330. The molecular formula is C85H55N5. The first-order valence-electron chi connectivity index (χ1n) is 30.8. The third-order valence-corrected chi connectivity index (χ3v) is 18.4. The van der Waals surface area contributed by atoms with E-state index in [2.05, 4.69) is 352 Å². The summed E-state index contributed by atoms with van der Waals surface area (Å²) in [5.74, 6) is 0. The molecule has 5 aromatic heterocycles. The van der Waals surface area contributed by atoms with Crippen molar-refractivity contribution in [1.29, 1.82) is 0 Å². The SMILES string of the molecule is c1ccc(-c2ccc3c(c2)c2cc(-c4ccccc4)ccc2n3-c2ccc3c(c2)c2cc(-n4c5ccc(-c6ccccc6)cc5c5cc(-c6ccccc6)ccc54)ccc2n3-c2ccc(-c3ccn4c(-c5ccccc5)c(-c5ccccc5)nc4c3)cc2)cc1. The zero-order valence-corrected chi connectivity index (χ0v) is 49.0. The first kappa shape index (κ1) is 51.2. The van der Waals surface area contributed by atoms with E-state index < -0.39 is 0 Å². The van der Waals surface area contributed by atoms with E-state index in [1.165, 1.54) is 66.1 Å². The molecule has 0 fully saturated rings. The fraction of sp³-hybridized carbons (Fsp3) is 0. The third-order valence-electron chi connectivity index (χ3n) is 18.4. The Morgan fingerprint density at radius 2 is 0.478 bits per heavy atom. The maximum atomic E-state index is 5.31. The fourth-order valence-electron chi connectivity index (χ4n) is 14.1. The van der Waals surface area contributed by atoms with Gasteiger partial charge in [0.2, 0.25) is 0 Å². The van der Waals surface area contributed by atoms with Gasteiger partial charge in [-0.3, -0.25) is 4.40 Å². The van der Waals surface area contributed by atoms with E-state index >= 15 is 0 Å². The highest BCUT2D eigenvalue weighted by molar-refractivity contribution is 6.15. The predicted molar refractivity (Wildman–Crippen MR) is 376 cm³/mol. The molecule has 0 N–H and O–H groups in total. The van der Waals surface area contributed by atoms with E-state index in [-0.39, 0.29) is 0 Å². The van der Waals surface area contributed by atoms with E-state index in [4.69, 9.17) is 4.98 Å². The molecule has 0 amide bonds. The second kappa shape index (κ2) is 20.8. The smallest absolute Gasteiger partial charge is 0.138 e. The minimum atomic E-state index is 0.899. The van der Waals surface area contributed by atoms with Gasteiger partial charge in [-0.1, -0.05) is 218 Å². The monoisotopic (exact) mass is 1150 g/mol. The lowest BCUT2D eigenvalue weighted by Crippen LogP contribution is -1.96. The number of benzene rings is 13. The van der Waals surface area contributed by atoms with Crippen molar-refractivity contribution in [3.05, 3.63) is 334 Å². The van der Waals surface area contributed by atoms with E-state index in [1.54, 1.807) is 0 Å². The first-order valence-corrected chi connectivity index (χ1v) is 30.8. The molecule has 18 rings (SSSR count). The maximum Gasteiger partial charge on any atom is 0.138 e. The molecule has 5 heterocycles. The van der Waals surface area contributed by atoms with E-state index in [0.717, 1.165) is 100 Å². The van der Waals surface area contributed by atoms with Crippen molar-refractivity contribution >= 4 is 71.1 Å². The van der Waals surface area contributed by atoms with Crippen LogP contribution in [0.5, 0.6) is 0 Å². The summed E-state index contributed by atoms with van der Waals surface area (Å²) in [6.45, 7) is 0.